The number of amides is 1. The van der Waals surface area contributed by atoms with Gasteiger partial charge in [0.2, 0.25) is 5.91 Å². The maximum absolute atomic E-state index is 13.0. The number of benzene rings is 3. The smallest absolute Gasteiger partial charge is 0.328 e. The Bertz CT molecular complexity index is 1700. The highest BCUT2D eigenvalue weighted by atomic mass is 35.5. The molecule has 0 aliphatic carbocycles. The number of aromatic amines is 1. The summed E-state index contributed by atoms with van der Waals surface area (Å²) in [6.07, 6.45) is 6.96. The zero-order chi connectivity index (χ0) is 28.1. The summed E-state index contributed by atoms with van der Waals surface area (Å²) in [7, 11) is 2.90. The van der Waals surface area contributed by atoms with Gasteiger partial charge in [-0.1, -0.05) is 48.0 Å². The summed E-state index contributed by atoms with van der Waals surface area (Å²) >= 11 is 6.21. The van der Waals surface area contributed by atoms with Crippen LogP contribution in [0.1, 0.15) is 11.1 Å². The number of hydrogen-bond acceptors (Lipinski definition) is 5. The highest BCUT2D eigenvalue weighted by Gasteiger charge is 2.23. The number of halogens is 1. The quantitative estimate of drug-likeness (QED) is 0.183. The number of nitrogens with one attached hydrogen (secondary N) is 2. The first kappa shape index (κ1) is 26.8. The van der Waals surface area contributed by atoms with Gasteiger partial charge in [0, 0.05) is 51.9 Å². The molecule has 0 aliphatic rings. The molecular formula is C31H27ClN4O4. The van der Waals surface area contributed by atoms with Gasteiger partial charge in [-0.2, -0.15) is 5.10 Å². The molecule has 9 heteroatoms. The largest absolute Gasteiger partial charge is 0.496 e. The van der Waals surface area contributed by atoms with Gasteiger partial charge in [0.15, 0.2) is 0 Å². The number of para-hydroxylation sites is 2. The van der Waals surface area contributed by atoms with E-state index in [1.807, 2.05) is 66.9 Å². The van der Waals surface area contributed by atoms with Gasteiger partial charge in [-0.25, -0.2) is 9.48 Å². The first-order valence-electron chi connectivity index (χ1n) is 12.6. The fraction of sp³-hybridized carbons (Fsp3) is 0.129. The monoisotopic (exact) mass is 554 g/mol. The van der Waals surface area contributed by atoms with E-state index in [4.69, 9.17) is 26.2 Å². The Kier molecular flexibility index (Phi) is 7.98. The van der Waals surface area contributed by atoms with Crippen LogP contribution < -0.4 is 10.1 Å². The molecule has 1 atom stereocenters. The van der Waals surface area contributed by atoms with Crippen molar-refractivity contribution in [1.29, 1.82) is 0 Å². The lowest BCUT2D eigenvalue weighted by Gasteiger charge is -2.15. The molecule has 2 N–H and O–H groups in total. The van der Waals surface area contributed by atoms with Crippen molar-refractivity contribution in [3.63, 3.8) is 0 Å². The molecule has 3 aromatic carbocycles. The van der Waals surface area contributed by atoms with Crippen LogP contribution in [0.3, 0.4) is 0 Å². The molecule has 2 aromatic heterocycles. The predicted octanol–water partition coefficient (Wildman–Crippen LogP) is 5.60. The fourth-order valence-electron chi connectivity index (χ4n) is 4.55. The van der Waals surface area contributed by atoms with Crippen molar-refractivity contribution in [1.82, 2.24) is 20.1 Å². The van der Waals surface area contributed by atoms with Crippen LogP contribution in [0.4, 0.5) is 0 Å². The first-order valence-corrected chi connectivity index (χ1v) is 12.9. The molecule has 1 unspecified atom stereocenters. The minimum atomic E-state index is -0.871. The van der Waals surface area contributed by atoms with Crippen molar-refractivity contribution < 1.29 is 19.1 Å². The summed E-state index contributed by atoms with van der Waals surface area (Å²) in [4.78, 5) is 28.8. The Balaban J connectivity index is 1.43. The maximum Gasteiger partial charge on any atom is 0.328 e. The van der Waals surface area contributed by atoms with Gasteiger partial charge in [0.25, 0.3) is 0 Å². The molecular weight excluding hydrogens is 528 g/mol. The van der Waals surface area contributed by atoms with E-state index in [9.17, 15) is 9.59 Å². The van der Waals surface area contributed by atoms with Gasteiger partial charge < -0.3 is 19.8 Å². The highest BCUT2D eigenvalue weighted by Crippen LogP contribution is 2.32. The van der Waals surface area contributed by atoms with Crippen molar-refractivity contribution in [3.05, 3.63) is 107 Å². The van der Waals surface area contributed by atoms with Gasteiger partial charge >= 0.3 is 5.97 Å². The number of rotatable bonds is 9. The Morgan fingerprint density at radius 2 is 1.88 bits per heavy atom. The van der Waals surface area contributed by atoms with Crippen LogP contribution >= 0.6 is 11.6 Å². The number of fused-ring (bicyclic) bond motifs is 1. The molecule has 0 saturated heterocycles. The number of nitrogens with zero attached hydrogens (tertiary/aromatic N) is 2. The van der Waals surface area contributed by atoms with Gasteiger partial charge in [0.1, 0.15) is 17.5 Å². The van der Waals surface area contributed by atoms with Gasteiger partial charge in [-0.15, -0.1) is 0 Å². The lowest BCUT2D eigenvalue weighted by Crippen LogP contribution is -2.42. The number of carbonyl (C=O) groups is 2. The lowest BCUT2D eigenvalue weighted by molar-refractivity contribution is -0.144. The second-order valence-corrected chi connectivity index (χ2v) is 9.48. The minimum absolute atomic E-state index is 0.273. The molecule has 5 aromatic rings. The van der Waals surface area contributed by atoms with Gasteiger partial charge in [-0.3, -0.25) is 4.79 Å². The van der Waals surface area contributed by atoms with Crippen LogP contribution in [0, 0.1) is 0 Å². The SMILES string of the molecule is COC(=O)C(Cc1c[nH]c2ccccc12)NC(=O)/C=C/c1cn(-c2cccc(Cl)c2)nc1-c1ccccc1OC. The minimum Gasteiger partial charge on any atom is -0.496 e. The molecule has 0 bridgehead atoms. The highest BCUT2D eigenvalue weighted by molar-refractivity contribution is 6.30. The zero-order valence-electron chi connectivity index (χ0n) is 21.9. The van der Waals surface area contributed by atoms with Crippen LogP contribution in [-0.2, 0) is 20.7 Å². The maximum atomic E-state index is 13.0. The Hall–Kier alpha value is -4.82. The van der Waals surface area contributed by atoms with Crippen molar-refractivity contribution in [2.24, 2.45) is 0 Å². The van der Waals surface area contributed by atoms with E-state index in [1.54, 1.807) is 36.2 Å². The molecule has 0 aliphatic heterocycles. The number of aromatic nitrogens is 3. The third-order valence-electron chi connectivity index (χ3n) is 6.49. The standard InChI is InChI=1S/C31H27ClN4O4/c1-39-28-13-6-4-11-25(28)30-20(19-36(35-30)23-9-7-8-22(32)17-23)14-15-29(37)34-27(31(38)40-2)16-21-18-33-26-12-5-3-10-24(21)26/h3-15,17-19,27,33H,16H2,1-2H3,(H,34,37)/b15-14+. The average molecular weight is 555 g/mol. The predicted molar refractivity (Wildman–Crippen MR) is 156 cm³/mol. The summed E-state index contributed by atoms with van der Waals surface area (Å²) in [6.45, 7) is 0. The average Bonchev–Trinajstić information content (AvgIpc) is 3.60. The van der Waals surface area contributed by atoms with E-state index in [1.165, 1.54) is 13.2 Å². The van der Waals surface area contributed by atoms with Crippen LogP contribution in [0.2, 0.25) is 5.02 Å². The summed E-state index contributed by atoms with van der Waals surface area (Å²) < 4.78 is 12.2. The topological polar surface area (TPSA) is 98.2 Å². The number of methoxy groups -OCH3 is 2. The normalized spacial score (nSPS) is 12.0. The number of H-pyrrole nitrogens is 1. The van der Waals surface area contributed by atoms with Gasteiger partial charge in [-0.05, 0) is 48.0 Å². The molecule has 0 radical (unpaired) electrons. The molecule has 2 heterocycles. The number of esters is 1. The molecule has 0 fully saturated rings. The van der Waals surface area contributed by atoms with Crippen molar-refractivity contribution in [2.75, 3.05) is 14.2 Å². The third kappa shape index (κ3) is 5.77. The van der Waals surface area contributed by atoms with E-state index in [-0.39, 0.29) is 6.42 Å². The number of hydrogen-bond donors (Lipinski definition) is 2. The lowest BCUT2D eigenvalue weighted by atomic mass is 10.0. The van der Waals surface area contributed by atoms with Gasteiger partial charge in [0.05, 0.1) is 19.9 Å². The van der Waals surface area contributed by atoms with Crippen molar-refractivity contribution >= 4 is 40.5 Å². The van der Waals surface area contributed by atoms with E-state index in [0.29, 0.717) is 22.0 Å². The Morgan fingerprint density at radius 3 is 2.67 bits per heavy atom. The summed E-state index contributed by atoms with van der Waals surface area (Å²) in [5.41, 5.74) is 4.66. The van der Waals surface area contributed by atoms with Crippen LogP contribution in [-0.4, -0.2) is 46.9 Å². The fourth-order valence-corrected chi connectivity index (χ4v) is 4.74. The summed E-state index contributed by atoms with van der Waals surface area (Å²) in [5, 5.41) is 9.12. The number of ether oxygens (including phenoxy) is 2. The molecule has 5 rings (SSSR count). The second-order valence-electron chi connectivity index (χ2n) is 9.04. The third-order valence-corrected chi connectivity index (χ3v) is 6.73. The van der Waals surface area contributed by atoms with Crippen LogP contribution in [0.5, 0.6) is 5.75 Å². The van der Waals surface area contributed by atoms with E-state index in [2.05, 4.69) is 10.3 Å². The molecule has 40 heavy (non-hydrogen) atoms. The van der Waals surface area contributed by atoms with E-state index < -0.39 is 17.9 Å². The molecule has 202 valence electrons. The molecule has 0 saturated carbocycles. The van der Waals surface area contributed by atoms with Crippen LogP contribution in [0.15, 0.2) is 91.3 Å². The van der Waals surface area contributed by atoms with Crippen LogP contribution in [0.25, 0.3) is 33.9 Å². The van der Waals surface area contributed by atoms with Crippen molar-refractivity contribution in [3.8, 4) is 22.7 Å². The second kappa shape index (κ2) is 11.9. The molecule has 1 amide bonds. The van der Waals surface area contributed by atoms with Crippen molar-refractivity contribution in [2.45, 2.75) is 12.5 Å². The first-order chi connectivity index (χ1) is 19.5. The summed E-state index contributed by atoms with van der Waals surface area (Å²) in [5.74, 6) is -0.338. The van der Waals surface area contributed by atoms with E-state index >= 15 is 0 Å². The molecule has 0 spiro atoms. The zero-order valence-corrected chi connectivity index (χ0v) is 22.7. The summed E-state index contributed by atoms with van der Waals surface area (Å²) in [6, 6.07) is 21.7. The Labute approximate surface area is 236 Å². The molecule has 8 nitrogen and oxygen atoms in total. The van der Waals surface area contributed by atoms with E-state index in [0.717, 1.165) is 27.7 Å². The Morgan fingerprint density at radius 1 is 1.07 bits per heavy atom. The number of carbonyl (C=O) groups excluding carboxylic acids is 2.